The van der Waals surface area contributed by atoms with Gasteiger partial charge in [-0.15, -0.1) is 0 Å². The van der Waals surface area contributed by atoms with Crippen LogP contribution in [0.25, 0.3) is 10.9 Å². The minimum absolute atomic E-state index is 0.0527. The van der Waals surface area contributed by atoms with Crippen molar-refractivity contribution in [2.24, 2.45) is 0 Å². The van der Waals surface area contributed by atoms with Crippen molar-refractivity contribution in [1.82, 2.24) is 10.3 Å². The molecule has 3 rings (SSSR count). The van der Waals surface area contributed by atoms with Crippen molar-refractivity contribution in [2.75, 3.05) is 0 Å². The first-order valence-corrected chi connectivity index (χ1v) is 8.05. The normalized spacial score (nSPS) is 10.7. The number of fused-ring (bicyclic) bond motifs is 1. The van der Waals surface area contributed by atoms with Crippen molar-refractivity contribution in [1.29, 1.82) is 0 Å². The number of aromatic nitrogens is 1. The van der Waals surface area contributed by atoms with Crippen LogP contribution < -0.4 is 10.9 Å². The predicted molar refractivity (Wildman–Crippen MR) is 95.9 cm³/mol. The van der Waals surface area contributed by atoms with Gasteiger partial charge in [-0.05, 0) is 36.4 Å². The Labute approximate surface area is 140 Å². The number of hydrogen-bond acceptors (Lipinski definition) is 2. The van der Waals surface area contributed by atoms with Gasteiger partial charge < -0.3 is 10.3 Å². The summed E-state index contributed by atoms with van der Waals surface area (Å²) in [4.78, 5) is 26.9. The molecule has 0 aliphatic carbocycles. The summed E-state index contributed by atoms with van der Waals surface area (Å²) in [5, 5.41) is 3.87. The Morgan fingerprint density at radius 1 is 1.08 bits per heavy atom. The first kappa shape index (κ1) is 16.0. The highest BCUT2D eigenvalue weighted by atomic mass is 16.1. The fraction of sp³-hybridized carbons (Fsp3) is 0.200. The standard InChI is InChI=1S/C20H20N2O2/c1-14-6-8-15(9-7-14)13-21-19(23)11-10-17-12-16-4-2-3-5-18(16)22-20(17)24/h2-9,12H,10-11,13H2,1H3,(H,21,23)(H,22,24). The molecule has 1 aromatic heterocycles. The molecule has 0 spiro atoms. The van der Waals surface area contributed by atoms with Crippen LogP contribution in [0.1, 0.15) is 23.1 Å². The Hall–Kier alpha value is -2.88. The zero-order valence-electron chi connectivity index (χ0n) is 13.6. The number of rotatable bonds is 5. The molecule has 0 aliphatic heterocycles. The van der Waals surface area contributed by atoms with Crippen molar-refractivity contribution in [3.8, 4) is 0 Å². The highest BCUT2D eigenvalue weighted by Crippen LogP contribution is 2.11. The lowest BCUT2D eigenvalue weighted by Gasteiger charge is -2.06. The Balaban J connectivity index is 1.59. The molecule has 0 atom stereocenters. The monoisotopic (exact) mass is 320 g/mol. The maximum atomic E-state index is 12.1. The highest BCUT2D eigenvalue weighted by molar-refractivity contribution is 5.79. The van der Waals surface area contributed by atoms with E-state index in [9.17, 15) is 9.59 Å². The summed E-state index contributed by atoms with van der Waals surface area (Å²) >= 11 is 0. The SMILES string of the molecule is Cc1ccc(CNC(=O)CCc2cc3ccccc3[nH]c2=O)cc1. The van der Waals surface area contributed by atoms with E-state index < -0.39 is 0 Å². The third kappa shape index (κ3) is 3.90. The van der Waals surface area contributed by atoms with Gasteiger partial charge in [-0.25, -0.2) is 0 Å². The zero-order valence-corrected chi connectivity index (χ0v) is 13.6. The summed E-state index contributed by atoms with van der Waals surface area (Å²) in [5.74, 6) is -0.0527. The second-order valence-electron chi connectivity index (χ2n) is 5.97. The quantitative estimate of drug-likeness (QED) is 0.759. The summed E-state index contributed by atoms with van der Waals surface area (Å²) in [6, 6.07) is 17.6. The number of amides is 1. The number of para-hydroxylation sites is 1. The summed E-state index contributed by atoms with van der Waals surface area (Å²) in [5.41, 5.74) is 3.59. The van der Waals surface area contributed by atoms with Gasteiger partial charge >= 0.3 is 0 Å². The number of carbonyl (C=O) groups excluding carboxylic acids is 1. The molecular formula is C20H20N2O2. The zero-order chi connectivity index (χ0) is 16.9. The van der Waals surface area contributed by atoms with Gasteiger partial charge in [0.25, 0.3) is 5.56 Å². The molecule has 1 amide bonds. The van der Waals surface area contributed by atoms with Crippen molar-refractivity contribution in [3.63, 3.8) is 0 Å². The van der Waals surface area contributed by atoms with Gasteiger partial charge in [0.05, 0.1) is 0 Å². The minimum Gasteiger partial charge on any atom is -0.352 e. The summed E-state index contributed by atoms with van der Waals surface area (Å²) in [6.45, 7) is 2.54. The first-order chi connectivity index (χ1) is 11.6. The Bertz CT molecular complexity index is 911. The maximum Gasteiger partial charge on any atom is 0.251 e. The summed E-state index contributed by atoms with van der Waals surface area (Å²) in [7, 11) is 0. The average molecular weight is 320 g/mol. The van der Waals surface area contributed by atoms with Crippen LogP contribution in [-0.2, 0) is 17.8 Å². The molecule has 3 aromatic rings. The van der Waals surface area contributed by atoms with Crippen LogP contribution in [0, 0.1) is 6.92 Å². The van der Waals surface area contributed by atoms with E-state index in [0.717, 1.165) is 16.5 Å². The molecule has 0 unspecified atom stereocenters. The van der Waals surface area contributed by atoms with Gasteiger partial charge in [-0.3, -0.25) is 9.59 Å². The number of H-pyrrole nitrogens is 1. The maximum absolute atomic E-state index is 12.1. The van der Waals surface area contributed by atoms with E-state index in [2.05, 4.69) is 10.3 Å². The molecule has 4 nitrogen and oxygen atoms in total. The molecule has 4 heteroatoms. The fourth-order valence-corrected chi connectivity index (χ4v) is 2.62. The van der Waals surface area contributed by atoms with Crippen LogP contribution in [0.15, 0.2) is 59.4 Å². The van der Waals surface area contributed by atoms with Crippen molar-refractivity contribution >= 4 is 16.8 Å². The third-order valence-corrected chi connectivity index (χ3v) is 4.06. The summed E-state index contributed by atoms with van der Waals surface area (Å²) in [6.07, 6.45) is 0.729. The lowest BCUT2D eigenvalue weighted by molar-refractivity contribution is -0.121. The van der Waals surface area contributed by atoms with E-state index in [-0.39, 0.29) is 11.5 Å². The topological polar surface area (TPSA) is 62.0 Å². The van der Waals surface area contributed by atoms with Gasteiger partial charge in [0, 0.05) is 24.0 Å². The van der Waals surface area contributed by atoms with E-state index in [1.54, 1.807) is 0 Å². The van der Waals surface area contributed by atoms with Crippen LogP contribution in [-0.4, -0.2) is 10.9 Å². The molecule has 2 N–H and O–H groups in total. The lowest BCUT2D eigenvalue weighted by atomic mass is 10.1. The number of aromatic amines is 1. The lowest BCUT2D eigenvalue weighted by Crippen LogP contribution is -2.24. The fourth-order valence-electron chi connectivity index (χ4n) is 2.62. The number of benzene rings is 2. The molecule has 1 heterocycles. The van der Waals surface area contributed by atoms with Crippen molar-refractivity contribution in [2.45, 2.75) is 26.3 Å². The summed E-state index contributed by atoms with van der Waals surface area (Å²) < 4.78 is 0. The molecule has 2 aromatic carbocycles. The second-order valence-corrected chi connectivity index (χ2v) is 5.97. The Morgan fingerprint density at radius 2 is 1.83 bits per heavy atom. The smallest absolute Gasteiger partial charge is 0.251 e. The van der Waals surface area contributed by atoms with Gasteiger partial charge in [0.2, 0.25) is 5.91 Å². The second kappa shape index (κ2) is 7.13. The number of aryl methyl sites for hydroxylation is 2. The number of pyridine rings is 1. The molecule has 0 fully saturated rings. The predicted octanol–water partition coefficient (Wildman–Crippen LogP) is 3.09. The van der Waals surface area contributed by atoms with Gasteiger partial charge in [0.15, 0.2) is 0 Å². The molecule has 0 saturated carbocycles. The van der Waals surface area contributed by atoms with E-state index in [0.29, 0.717) is 24.9 Å². The number of nitrogens with one attached hydrogen (secondary N) is 2. The molecule has 0 bridgehead atoms. The third-order valence-electron chi connectivity index (χ3n) is 4.06. The largest absolute Gasteiger partial charge is 0.352 e. The molecule has 24 heavy (non-hydrogen) atoms. The minimum atomic E-state index is -0.125. The molecule has 0 radical (unpaired) electrons. The van der Waals surface area contributed by atoms with E-state index in [1.165, 1.54) is 5.56 Å². The van der Waals surface area contributed by atoms with E-state index in [4.69, 9.17) is 0 Å². The van der Waals surface area contributed by atoms with Crippen molar-refractivity contribution in [3.05, 3.63) is 81.6 Å². The van der Waals surface area contributed by atoms with Crippen LogP contribution in [0.4, 0.5) is 0 Å². The van der Waals surface area contributed by atoms with Crippen LogP contribution in [0.3, 0.4) is 0 Å². The Morgan fingerprint density at radius 3 is 2.62 bits per heavy atom. The molecular weight excluding hydrogens is 300 g/mol. The van der Waals surface area contributed by atoms with Crippen LogP contribution in [0.2, 0.25) is 0 Å². The van der Waals surface area contributed by atoms with Gasteiger partial charge in [-0.1, -0.05) is 48.0 Å². The van der Waals surface area contributed by atoms with Crippen LogP contribution >= 0.6 is 0 Å². The van der Waals surface area contributed by atoms with Gasteiger partial charge in [-0.2, -0.15) is 0 Å². The Kier molecular flexibility index (Phi) is 4.75. The molecule has 0 saturated heterocycles. The van der Waals surface area contributed by atoms with E-state index >= 15 is 0 Å². The molecule has 0 aliphatic rings. The number of hydrogen-bond donors (Lipinski definition) is 2. The number of carbonyl (C=O) groups is 1. The molecule has 122 valence electrons. The van der Waals surface area contributed by atoms with E-state index in [1.807, 2.05) is 61.5 Å². The van der Waals surface area contributed by atoms with Gasteiger partial charge in [0.1, 0.15) is 0 Å². The highest BCUT2D eigenvalue weighted by Gasteiger charge is 2.07. The van der Waals surface area contributed by atoms with Crippen molar-refractivity contribution < 1.29 is 4.79 Å². The average Bonchev–Trinajstić information content (AvgIpc) is 2.59. The first-order valence-electron chi connectivity index (χ1n) is 8.05. The van der Waals surface area contributed by atoms with Crippen LogP contribution in [0.5, 0.6) is 0 Å².